The van der Waals surface area contributed by atoms with Crippen molar-refractivity contribution in [2.45, 2.75) is 50.5 Å². The number of nitrogens with zero attached hydrogens (tertiary/aromatic N) is 1. The first-order chi connectivity index (χ1) is 12.8. The molecule has 0 bridgehead atoms. The molecule has 6 nitrogen and oxygen atoms in total. The first-order valence-corrected chi connectivity index (χ1v) is 8.80. The van der Waals surface area contributed by atoms with E-state index in [0.29, 0.717) is 6.42 Å². The Morgan fingerprint density at radius 1 is 1.33 bits per heavy atom. The number of aliphatic hydroxyl groups is 1. The Kier molecular flexibility index (Phi) is 5.59. The molecule has 4 atom stereocenters. The molecule has 1 aromatic rings. The van der Waals surface area contributed by atoms with Crippen molar-refractivity contribution in [3.8, 4) is 0 Å². The van der Waals surface area contributed by atoms with Gasteiger partial charge in [-0.2, -0.15) is 0 Å². The molecule has 9 heteroatoms. The Morgan fingerprint density at radius 2 is 2.07 bits per heavy atom. The molecule has 2 N–H and O–H groups in total. The van der Waals surface area contributed by atoms with E-state index in [1.807, 2.05) is 0 Å². The molecule has 1 heterocycles. The van der Waals surface area contributed by atoms with E-state index >= 15 is 0 Å². The second-order valence-corrected chi connectivity index (χ2v) is 6.97. The maximum atomic E-state index is 14.6. The van der Waals surface area contributed by atoms with Crippen LogP contribution < -0.4 is 10.2 Å². The van der Waals surface area contributed by atoms with Gasteiger partial charge in [0, 0.05) is 13.0 Å². The van der Waals surface area contributed by atoms with E-state index in [4.69, 9.17) is 4.74 Å². The zero-order valence-corrected chi connectivity index (χ0v) is 14.8. The number of ether oxygens (including phenoxy) is 1. The number of anilines is 1. The number of benzene rings is 1. The van der Waals surface area contributed by atoms with Gasteiger partial charge in [-0.1, -0.05) is 0 Å². The number of halogens is 3. The monoisotopic (exact) mass is 386 g/mol. The average molecular weight is 386 g/mol. The predicted molar refractivity (Wildman–Crippen MR) is 90.2 cm³/mol. The van der Waals surface area contributed by atoms with Gasteiger partial charge in [-0.3, -0.25) is 9.69 Å². The maximum absolute atomic E-state index is 14.6. The van der Waals surface area contributed by atoms with Crippen molar-refractivity contribution < 1.29 is 32.6 Å². The molecule has 2 fully saturated rings. The number of alkyl halides is 1. The smallest absolute Gasteiger partial charge is 0.414 e. The van der Waals surface area contributed by atoms with Crippen molar-refractivity contribution in [3.05, 3.63) is 29.3 Å². The summed E-state index contributed by atoms with van der Waals surface area (Å²) in [5.74, 6) is -2.39. The second kappa shape index (κ2) is 7.75. The highest BCUT2D eigenvalue weighted by Gasteiger charge is 2.36. The SMILES string of the molecule is CC(=O)NC[C@H]1CN(c2cc(F)c(C3CCC(O)C(F)C3)cc2F)C(=O)O1. The molecule has 1 saturated carbocycles. The first-order valence-electron chi connectivity index (χ1n) is 8.80. The van der Waals surface area contributed by atoms with Gasteiger partial charge in [-0.25, -0.2) is 18.0 Å². The normalized spacial score (nSPS) is 28.2. The summed E-state index contributed by atoms with van der Waals surface area (Å²) < 4.78 is 48.0. The fraction of sp³-hybridized carbons (Fsp3) is 0.556. The van der Waals surface area contributed by atoms with Crippen LogP contribution in [-0.4, -0.2) is 48.6 Å². The summed E-state index contributed by atoms with van der Waals surface area (Å²) in [6, 6.07) is 1.89. The molecular formula is C18H21F3N2O4. The Hall–Kier alpha value is -2.29. The minimum atomic E-state index is -1.48. The van der Waals surface area contributed by atoms with Crippen LogP contribution in [0.3, 0.4) is 0 Å². The van der Waals surface area contributed by atoms with E-state index in [2.05, 4.69) is 5.32 Å². The maximum Gasteiger partial charge on any atom is 0.414 e. The number of carbonyl (C=O) groups is 2. The summed E-state index contributed by atoms with van der Waals surface area (Å²) in [5, 5.41) is 12.0. The van der Waals surface area contributed by atoms with Gasteiger partial charge in [-0.15, -0.1) is 0 Å². The summed E-state index contributed by atoms with van der Waals surface area (Å²) in [6.45, 7) is 1.35. The number of aliphatic hydroxyl groups excluding tert-OH is 1. The molecule has 2 amide bonds. The molecular weight excluding hydrogens is 365 g/mol. The molecule has 1 aliphatic heterocycles. The van der Waals surface area contributed by atoms with Gasteiger partial charge in [-0.05, 0) is 36.8 Å². The second-order valence-electron chi connectivity index (χ2n) is 6.97. The fourth-order valence-corrected chi connectivity index (χ4v) is 3.54. The molecule has 0 aromatic heterocycles. The molecule has 1 aliphatic carbocycles. The summed E-state index contributed by atoms with van der Waals surface area (Å²) in [4.78, 5) is 23.9. The van der Waals surface area contributed by atoms with Crippen molar-refractivity contribution in [1.29, 1.82) is 0 Å². The molecule has 3 unspecified atom stereocenters. The van der Waals surface area contributed by atoms with E-state index in [1.54, 1.807) is 0 Å². The summed E-state index contributed by atoms with van der Waals surface area (Å²) in [5.41, 5.74) is -0.229. The third kappa shape index (κ3) is 4.18. The minimum absolute atomic E-state index is 0.0308. The van der Waals surface area contributed by atoms with Crippen molar-refractivity contribution in [1.82, 2.24) is 5.32 Å². The lowest BCUT2D eigenvalue weighted by atomic mass is 9.81. The highest BCUT2D eigenvalue weighted by atomic mass is 19.1. The zero-order chi connectivity index (χ0) is 19.7. The number of amides is 2. The van der Waals surface area contributed by atoms with Crippen LogP contribution in [0.1, 0.15) is 37.7 Å². The summed E-state index contributed by atoms with van der Waals surface area (Å²) in [6.07, 6.45) is -3.61. The lowest BCUT2D eigenvalue weighted by Gasteiger charge is -2.29. The van der Waals surface area contributed by atoms with Crippen molar-refractivity contribution >= 4 is 17.7 Å². The van der Waals surface area contributed by atoms with Gasteiger partial charge in [0.15, 0.2) is 0 Å². The van der Waals surface area contributed by atoms with Gasteiger partial charge in [0.25, 0.3) is 0 Å². The highest BCUT2D eigenvalue weighted by Crippen LogP contribution is 2.38. The molecule has 0 spiro atoms. The third-order valence-corrected chi connectivity index (χ3v) is 4.99. The first kappa shape index (κ1) is 19.5. The van der Waals surface area contributed by atoms with Gasteiger partial charge in [0.2, 0.25) is 5.91 Å². The molecule has 1 saturated heterocycles. The Labute approximate surface area is 154 Å². The van der Waals surface area contributed by atoms with Gasteiger partial charge < -0.3 is 15.2 Å². The van der Waals surface area contributed by atoms with E-state index < -0.39 is 42.0 Å². The molecule has 148 valence electrons. The van der Waals surface area contributed by atoms with E-state index in [1.165, 1.54) is 6.92 Å². The van der Waals surface area contributed by atoms with Gasteiger partial charge >= 0.3 is 6.09 Å². The Morgan fingerprint density at radius 3 is 2.74 bits per heavy atom. The van der Waals surface area contributed by atoms with Crippen LogP contribution >= 0.6 is 0 Å². The number of hydrogen-bond acceptors (Lipinski definition) is 4. The van der Waals surface area contributed by atoms with Crippen molar-refractivity contribution in [3.63, 3.8) is 0 Å². The van der Waals surface area contributed by atoms with E-state index in [9.17, 15) is 27.9 Å². The topological polar surface area (TPSA) is 78.9 Å². The number of carbonyl (C=O) groups excluding carboxylic acids is 2. The van der Waals surface area contributed by atoms with E-state index in [-0.39, 0.29) is 43.1 Å². The van der Waals surface area contributed by atoms with Crippen LogP contribution in [0.5, 0.6) is 0 Å². The predicted octanol–water partition coefficient (Wildman–Crippen LogP) is 2.39. The lowest BCUT2D eigenvalue weighted by molar-refractivity contribution is -0.119. The van der Waals surface area contributed by atoms with Crippen LogP contribution in [0.25, 0.3) is 0 Å². The number of cyclic esters (lactones) is 1. The Bertz CT molecular complexity index is 746. The van der Waals surface area contributed by atoms with Crippen LogP contribution in [0.4, 0.5) is 23.7 Å². The highest BCUT2D eigenvalue weighted by molar-refractivity contribution is 5.90. The van der Waals surface area contributed by atoms with Crippen LogP contribution in [-0.2, 0) is 9.53 Å². The number of nitrogens with one attached hydrogen (secondary N) is 1. The third-order valence-electron chi connectivity index (χ3n) is 4.99. The zero-order valence-electron chi connectivity index (χ0n) is 14.8. The molecule has 27 heavy (non-hydrogen) atoms. The standard InChI is InChI=1S/C18H21F3N2O4/c1-9(24)22-7-11-8-23(18(26)27-11)16-6-13(19)12(5-14(16)20)10-2-3-17(25)15(21)4-10/h5-6,10-11,15,17,25H,2-4,7-8H2,1H3,(H,22,24)/t10?,11-,15?,17?/m0/s1. The molecule has 2 aliphatic rings. The average Bonchev–Trinajstić information content (AvgIpc) is 2.98. The summed E-state index contributed by atoms with van der Waals surface area (Å²) >= 11 is 0. The van der Waals surface area contributed by atoms with E-state index in [0.717, 1.165) is 17.0 Å². The molecule has 3 rings (SSSR count). The van der Waals surface area contributed by atoms with Gasteiger partial charge in [0.1, 0.15) is 23.9 Å². The minimum Gasteiger partial charge on any atom is -0.442 e. The lowest BCUT2D eigenvalue weighted by Crippen LogP contribution is -2.33. The van der Waals surface area contributed by atoms with Crippen LogP contribution in [0.2, 0.25) is 0 Å². The molecule has 0 radical (unpaired) electrons. The van der Waals surface area contributed by atoms with Crippen LogP contribution in [0.15, 0.2) is 12.1 Å². The largest absolute Gasteiger partial charge is 0.442 e. The van der Waals surface area contributed by atoms with Crippen LogP contribution in [0, 0.1) is 11.6 Å². The number of rotatable bonds is 4. The Balaban J connectivity index is 1.77. The van der Waals surface area contributed by atoms with Gasteiger partial charge in [0.05, 0.1) is 24.9 Å². The molecule has 1 aromatic carbocycles. The number of hydrogen-bond donors (Lipinski definition) is 2. The fourth-order valence-electron chi connectivity index (χ4n) is 3.54. The summed E-state index contributed by atoms with van der Waals surface area (Å²) in [7, 11) is 0. The van der Waals surface area contributed by atoms with Crippen molar-refractivity contribution in [2.24, 2.45) is 0 Å². The quantitative estimate of drug-likeness (QED) is 0.833. The van der Waals surface area contributed by atoms with Crippen molar-refractivity contribution in [2.75, 3.05) is 18.0 Å².